The van der Waals surface area contributed by atoms with Crippen molar-refractivity contribution in [3.63, 3.8) is 0 Å². The SMILES string of the molecule is CC(C)NS(=O)(=O)c1ccc(C(=O)NCC[Si](C)(C)C)cc1. The maximum absolute atomic E-state index is 12.0. The summed E-state index contributed by atoms with van der Waals surface area (Å²) in [5.74, 6) is -0.168. The van der Waals surface area contributed by atoms with Crippen LogP contribution in [0.15, 0.2) is 29.2 Å². The highest BCUT2D eigenvalue weighted by Crippen LogP contribution is 2.11. The van der Waals surface area contributed by atoms with Crippen LogP contribution in [0.5, 0.6) is 0 Å². The van der Waals surface area contributed by atoms with Gasteiger partial charge in [0.25, 0.3) is 5.91 Å². The van der Waals surface area contributed by atoms with Crippen LogP contribution in [0.4, 0.5) is 0 Å². The van der Waals surface area contributed by atoms with Crippen molar-refractivity contribution in [2.24, 2.45) is 0 Å². The highest BCUT2D eigenvalue weighted by Gasteiger charge is 2.16. The first kappa shape index (κ1) is 18.9. The Bertz CT molecular complexity index is 605. The van der Waals surface area contributed by atoms with E-state index in [1.165, 1.54) is 12.1 Å². The summed E-state index contributed by atoms with van der Waals surface area (Å²) in [4.78, 5) is 12.2. The van der Waals surface area contributed by atoms with Crippen LogP contribution in [0.2, 0.25) is 25.7 Å². The molecule has 0 spiro atoms. The molecular weight excluding hydrogens is 316 g/mol. The Hall–Kier alpha value is -1.18. The molecule has 5 nitrogen and oxygen atoms in total. The van der Waals surface area contributed by atoms with Crippen molar-refractivity contribution in [2.45, 2.75) is 50.5 Å². The number of carbonyl (C=O) groups excluding carboxylic acids is 1. The molecule has 0 fully saturated rings. The normalized spacial score (nSPS) is 12.5. The number of sulfonamides is 1. The van der Waals surface area contributed by atoms with Gasteiger partial charge in [0.1, 0.15) is 0 Å². The Morgan fingerprint density at radius 2 is 1.68 bits per heavy atom. The zero-order valence-corrected chi connectivity index (χ0v) is 15.8. The zero-order valence-electron chi connectivity index (χ0n) is 13.9. The number of hydrogen-bond donors (Lipinski definition) is 2. The first-order chi connectivity index (χ1) is 10.0. The van der Waals surface area contributed by atoms with Gasteiger partial charge in [-0.3, -0.25) is 4.79 Å². The number of nitrogens with one attached hydrogen (secondary N) is 2. The maximum Gasteiger partial charge on any atom is 0.251 e. The predicted octanol–water partition coefficient (Wildman–Crippen LogP) is 2.44. The monoisotopic (exact) mass is 342 g/mol. The summed E-state index contributed by atoms with van der Waals surface area (Å²) in [6.45, 7) is 10.9. The topological polar surface area (TPSA) is 75.3 Å². The lowest BCUT2D eigenvalue weighted by molar-refractivity contribution is 0.0955. The van der Waals surface area contributed by atoms with Crippen molar-refractivity contribution in [3.05, 3.63) is 29.8 Å². The van der Waals surface area contributed by atoms with E-state index in [0.717, 1.165) is 6.04 Å². The molecule has 0 bridgehead atoms. The summed E-state index contributed by atoms with van der Waals surface area (Å²) in [5.41, 5.74) is 0.471. The average Bonchev–Trinajstić information content (AvgIpc) is 2.35. The second-order valence-corrected chi connectivity index (χ2v) is 14.2. The van der Waals surface area contributed by atoms with E-state index in [2.05, 4.69) is 29.7 Å². The fourth-order valence-corrected chi connectivity index (χ4v) is 3.94. The van der Waals surface area contributed by atoms with E-state index in [1.807, 2.05) is 0 Å². The number of amides is 1. The molecule has 0 saturated heterocycles. The van der Waals surface area contributed by atoms with Gasteiger partial charge in [-0.05, 0) is 44.2 Å². The molecule has 22 heavy (non-hydrogen) atoms. The maximum atomic E-state index is 12.0. The molecule has 0 atom stereocenters. The van der Waals surface area contributed by atoms with Crippen LogP contribution in [-0.2, 0) is 10.0 Å². The molecule has 1 rings (SSSR count). The van der Waals surface area contributed by atoms with E-state index in [-0.39, 0.29) is 16.8 Å². The van der Waals surface area contributed by atoms with Gasteiger partial charge >= 0.3 is 0 Å². The first-order valence-electron chi connectivity index (χ1n) is 7.42. The third kappa shape index (κ3) is 6.29. The molecule has 2 N–H and O–H groups in total. The van der Waals surface area contributed by atoms with Crippen LogP contribution >= 0.6 is 0 Å². The Balaban J connectivity index is 2.70. The van der Waals surface area contributed by atoms with Gasteiger partial charge in [-0.15, -0.1) is 0 Å². The van der Waals surface area contributed by atoms with E-state index in [9.17, 15) is 13.2 Å². The van der Waals surface area contributed by atoms with E-state index < -0.39 is 18.1 Å². The Morgan fingerprint density at radius 1 is 1.14 bits per heavy atom. The van der Waals surface area contributed by atoms with E-state index in [4.69, 9.17) is 0 Å². The first-order valence-corrected chi connectivity index (χ1v) is 12.6. The fourth-order valence-electron chi connectivity index (χ4n) is 1.82. The summed E-state index contributed by atoms with van der Waals surface area (Å²) in [6.07, 6.45) is 0. The van der Waals surface area contributed by atoms with Gasteiger partial charge in [-0.1, -0.05) is 19.6 Å². The molecule has 0 radical (unpaired) electrons. The Morgan fingerprint density at radius 3 is 2.14 bits per heavy atom. The van der Waals surface area contributed by atoms with Gasteiger partial charge in [0, 0.05) is 26.2 Å². The van der Waals surface area contributed by atoms with Crippen LogP contribution in [0, 0.1) is 0 Å². The standard InChI is InChI=1S/C15H26N2O3SSi/c1-12(2)17-21(19,20)14-8-6-13(7-9-14)15(18)16-10-11-22(3,4)5/h6-9,12,17H,10-11H2,1-5H3,(H,16,18). The molecule has 0 aliphatic carbocycles. The number of benzene rings is 1. The van der Waals surface area contributed by atoms with Gasteiger partial charge in [0.15, 0.2) is 0 Å². The minimum Gasteiger partial charge on any atom is -0.352 e. The zero-order chi connectivity index (χ0) is 17.0. The lowest BCUT2D eigenvalue weighted by atomic mass is 10.2. The lowest BCUT2D eigenvalue weighted by Gasteiger charge is -2.15. The summed E-state index contributed by atoms with van der Waals surface area (Å²) in [5, 5.41) is 2.88. The van der Waals surface area contributed by atoms with Gasteiger partial charge in [0.2, 0.25) is 10.0 Å². The molecule has 1 aromatic carbocycles. The second-order valence-electron chi connectivity index (χ2n) is 6.87. The summed E-state index contributed by atoms with van der Waals surface area (Å²) < 4.78 is 26.5. The van der Waals surface area contributed by atoms with Crippen molar-refractivity contribution in [2.75, 3.05) is 6.54 Å². The summed E-state index contributed by atoms with van der Waals surface area (Å²) >= 11 is 0. The minimum atomic E-state index is -3.51. The Kier molecular flexibility index (Phi) is 6.34. The van der Waals surface area contributed by atoms with Crippen molar-refractivity contribution in [1.82, 2.24) is 10.0 Å². The van der Waals surface area contributed by atoms with Crippen LogP contribution in [0.25, 0.3) is 0 Å². The quantitative estimate of drug-likeness (QED) is 0.747. The van der Waals surface area contributed by atoms with Gasteiger partial charge in [-0.2, -0.15) is 0 Å². The Labute approximate surface area is 134 Å². The molecule has 124 valence electrons. The largest absolute Gasteiger partial charge is 0.352 e. The molecule has 0 heterocycles. The molecule has 0 aliphatic rings. The molecule has 1 aromatic rings. The third-order valence-electron chi connectivity index (χ3n) is 2.98. The molecule has 0 saturated carbocycles. The van der Waals surface area contributed by atoms with Crippen molar-refractivity contribution in [1.29, 1.82) is 0 Å². The third-order valence-corrected chi connectivity index (χ3v) is 6.40. The van der Waals surface area contributed by atoms with Crippen LogP contribution < -0.4 is 10.0 Å². The average molecular weight is 343 g/mol. The van der Waals surface area contributed by atoms with Crippen molar-refractivity contribution in [3.8, 4) is 0 Å². The van der Waals surface area contributed by atoms with Crippen LogP contribution in [0.3, 0.4) is 0 Å². The van der Waals surface area contributed by atoms with E-state index >= 15 is 0 Å². The fraction of sp³-hybridized carbons (Fsp3) is 0.533. The molecular formula is C15H26N2O3SSi. The highest BCUT2D eigenvalue weighted by molar-refractivity contribution is 7.89. The van der Waals surface area contributed by atoms with Crippen LogP contribution in [-0.4, -0.2) is 35.0 Å². The second kappa shape index (κ2) is 7.39. The molecule has 0 aromatic heterocycles. The van der Waals surface area contributed by atoms with Gasteiger partial charge < -0.3 is 5.32 Å². The number of hydrogen-bond acceptors (Lipinski definition) is 3. The molecule has 1 amide bonds. The number of carbonyl (C=O) groups is 1. The summed E-state index contributed by atoms with van der Waals surface area (Å²) in [6, 6.07) is 6.84. The van der Waals surface area contributed by atoms with Crippen molar-refractivity contribution >= 4 is 24.0 Å². The lowest BCUT2D eigenvalue weighted by Crippen LogP contribution is -2.31. The molecule has 0 aliphatic heterocycles. The van der Waals surface area contributed by atoms with Crippen molar-refractivity contribution < 1.29 is 13.2 Å². The molecule has 0 unspecified atom stereocenters. The minimum absolute atomic E-state index is 0.167. The van der Waals surface area contributed by atoms with E-state index in [0.29, 0.717) is 12.1 Å². The predicted molar refractivity (Wildman–Crippen MR) is 92.4 cm³/mol. The van der Waals surface area contributed by atoms with Gasteiger partial charge in [0.05, 0.1) is 4.90 Å². The van der Waals surface area contributed by atoms with Crippen LogP contribution in [0.1, 0.15) is 24.2 Å². The number of rotatable bonds is 7. The smallest absolute Gasteiger partial charge is 0.251 e. The highest BCUT2D eigenvalue weighted by atomic mass is 32.2. The molecule has 7 heteroatoms. The van der Waals surface area contributed by atoms with Gasteiger partial charge in [-0.25, -0.2) is 13.1 Å². The summed E-state index contributed by atoms with van der Waals surface area (Å²) in [7, 11) is -4.69. The van der Waals surface area contributed by atoms with E-state index in [1.54, 1.807) is 26.0 Å².